The fourth-order valence-electron chi connectivity index (χ4n) is 3.04. The SMILES string of the molecule is CCCN(Cc1nc2cc(Cl)ccc2c(=O)[nH]1)C(=O)/C=C/c1ccccc1OC(F)F. The third-order valence-corrected chi connectivity index (χ3v) is 4.64. The molecule has 0 fully saturated rings. The van der Waals surface area contributed by atoms with Gasteiger partial charge in [0, 0.05) is 23.2 Å². The fraction of sp³-hybridized carbons (Fsp3) is 0.227. The lowest BCUT2D eigenvalue weighted by Gasteiger charge is -2.20. The van der Waals surface area contributed by atoms with Crippen LogP contribution < -0.4 is 10.3 Å². The standard InChI is InChI=1S/C22H20ClF2N3O3/c1-2-11-28(13-19-26-17-12-15(23)8-9-16(17)21(30)27-19)20(29)10-7-14-5-3-4-6-18(14)31-22(24)25/h3-10,12,22H,2,11,13H2,1H3,(H,26,27,30)/b10-7+. The van der Waals surface area contributed by atoms with Gasteiger partial charge in [-0.2, -0.15) is 8.78 Å². The molecule has 0 aliphatic rings. The second kappa shape index (κ2) is 10.2. The molecule has 1 N–H and O–H groups in total. The van der Waals surface area contributed by atoms with Crippen molar-refractivity contribution in [2.75, 3.05) is 6.54 Å². The van der Waals surface area contributed by atoms with Crippen LogP contribution in [0.5, 0.6) is 5.75 Å². The molecule has 1 heterocycles. The summed E-state index contributed by atoms with van der Waals surface area (Å²) < 4.78 is 29.6. The first-order valence-corrected chi connectivity index (χ1v) is 9.94. The van der Waals surface area contributed by atoms with Crippen LogP contribution in [0.1, 0.15) is 24.7 Å². The maximum atomic E-state index is 12.8. The van der Waals surface area contributed by atoms with Gasteiger partial charge in [-0.25, -0.2) is 4.98 Å². The van der Waals surface area contributed by atoms with Crippen molar-refractivity contribution in [3.8, 4) is 5.75 Å². The number of ether oxygens (including phenoxy) is 1. The van der Waals surface area contributed by atoms with E-state index in [1.165, 1.54) is 23.1 Å². The summed E-state index contributed by atoms with van der Waals surface area (Å²) in [5, 5.41) is 0.850. The van der Waals surface area contributed by atoms with E-state index in [9.17, 15) is 18.4 Å². The number of fused-ring (bicyclic) bond motifs is 1. The topological polar surface area (TPSA) is 75.3 Å². The number of benzene rings is 2. The lowest BCUT2D eigenvalue weighted by atomic mass is 10.2. The van der Waals surface area contributed by atoms with Crippen LogP contribution in [0.25, 0.3) is 17.0 Å². The summed E-state index contributed by atoms with van der Waals surface area (Å²) in [6.45, 7) is -0.572. The minimum absolute atomic E-state index is 0.0269. The van der Waals surface area contributed by atoms with Gasteiger partial charge in [0.15, 0.2) is 0 Å². The van der Waals surface area contributed by atoms with Gasteiger partial charge in [0.05, 0.1) is 17.4 Å². The molecule has 0 saturated carbocycles. The summed E-state index contributed by atoms with van der Waals surface area (Å²) in [6, 6.07) is 11.0. The van der Waals surface area contributed by atoms with Crippen LogP contribution >= 0.6 is 11.6 Å². The number of hydrogen-bond donors (Lipinski definition) is 1. The molecule has 3 rings (SSSR count). The van der Waals surface area contributed by atoms with Gasteiger partial charge in [0.25, 0.3) is 5.56 Å². The minimum Gasteiger partial charge on any atom is -0.434 e. The molecule has 0 spiro atoms. The van der Waals surface area contributed by atoms with Crippen LogP contribution in [0, 0.1) is 0 Å². The Balaban J connectivity index is 1.83. The van der Waals surface area contributed by atoms with E-state index in [0.717, 1.165) is 0 Å². The highest BCUT2D eigenvalue weighted by atomic mass is 35.5. The average molecular weight is 448 g/mol. The predicted molar refractivity (Wildman–Crippen MR) is 115 cm³/mol. The van der Waals surface area contributed by atoms with Crippen molar-refractivity contribution in [1.29, 1.82) is 0 Å². The van der Waals surface area contributed by atoms with Crippen molar-refractivity contribution in [3.05, 3.63) is 75.3 Å². The van der Waals surface area contributed by atoms with E-state index in [0.29, 0.717) is 40.3 Å². The van der Waals surface area contributed by atoms with Gasteiger partial charge >= 0.3 is 6.61 Å². The van der Waals surface area contributed by atoms with Crippen LogP contribution in [-0.2, 0) is 11.3 Å². The summed E-state index contributed by atoms with van der Waals surface area (Å²) in [4.78, 5) is 33.7. The molecule has 0 aliphatic heterocycles. The Morgan fingerprint density at radius 3 is 2.81 bits per heavy atom. The molecule has 0 bridgehead atoms. The summed E-state index contributed by atoms with van der Waals surface area (Å²) in [7, 11) is 0. The molecule has 162 valence electrons. The van der Waals surface area contributed by atoms with Crippen LogP contribution in [-0.4, -0.2) is 33.9 Å². The van der Waals surface area contributed by atoms with Crippen LogP contribution in [0.2, 0.25) is 5.02 Å². The fourth-order valence-corrected chi connectivity index (χ4v) is 3.21. The number of amides is 1. The highest BCUT2D eigenvalue weighted by Crippen LogP contribution is 2.22. The van der Waals surface area contributed by atoms with Gasteiger partial charge in [0.1, 0.15) is 11.6 Å². The Morgan fingerprint density at radius 1 is 1.29 bits per heavy atom. The number of nitrogens with zero attached hydrogens (tertiary/aromatic N) is 2. The van der Waals surface area contributed by atoms with Gasteiger partial charge in [-0.05, 0) is 36.8 Å². The van der Waals surface area contributed by atoms with Crippen LogP contribution in [0.3, 0.4) is 0 Å². The first-order valence-electron chi connectivity index (χ1n) is 9.56. The number of H-pyrrole nitrogens is 1. The number of para-hydroxylation sites is 1. The van der Waals surface area contributed by atoms with Gasteiger partial charge in [0.2, 0.25) is 5.91 Å². The smallest absolute Gasteiger partial charge is 0.387 e. The van der Waals surface area contributed by atoms with Gasteiger partial charge in [-0.3, -0.25) is 9.59 Å². The molecule has 0 saturated heterocycles. The number of aromatic nitrogens is 2. The normalized spacial score (nSPS) is 11.4. The van der Waals surface area contributed by atoms with Crippen molar-refractivity contribution in [2.24, 2.45) is 0 Å². The molecule has 0 radical (unpaired) electrons. The number of rotatable bonds is 8. The number of hydrogen-bond acceptors (Lipinski definition) is 4. The Kier molecular flexibility index (Phi) is 7.36. The van der Waals surface area contributed by atoms with Gasteiger partial charge in [-0.1, -0.05) is 36.7 Å². The van der Waals surface area contributed by atoms with E-state index in [4.69, 9.17) is 11.6 Å². The molecular formula is C22H20ClF2N3O3. The molecule has 31 heavy (non-hydrogen) atoms. The number of alkyl halides is 2. The Labute approximate surface area is 182 Å². The molecule has 0 atom stereocenters. The van der Waals surface area contributed by atoms with E-state index in [1.807, 2.05) is 6.92 Å². The quantitative estimate of drug-likeness (QED) is 0.511. The summed E-state index contributed by atoms with van der Waals surface area (Å²) in [6.07, 6.45) is 3.37. The Hall–Kier alpha value is -3.26. The summed E-state index contributed by atoms with van der Waals surface area (Å²) >= 11 is 5.99. The summed E-state index contributed by atoms with van der Waals surface area (Å²) in [5.41, 5.74) is 0.456. The average Bonchev–Trinajstić information content (AvgIpc) is 2.72. The van der Waals surface area contributed by atoms with Gasteiger partial charge < -0.3 is 14.6 Å². The summed E-state index contributed by atoms with van der Waals surface area (Å²) in [5.74, 6) is -0.0695. The highest BCUT2D eigenvalue weighted by molar-refractivity contribution is 6.31. The molecule has 0 aliphatic carbocycles. The molecule has 1 amide bonds. The number of nitrogens with one attached hydrogen (secondary N) is 1. The number of aromatic amines is 1. The zero-order valence-electron chi connectivity index (χ0n) is 16.6. The highest BCUT2D eigenvalue weighted by Gasteiger charge is 2.14. The maximum Gasteiger partial charge on any atom is 0.387 e. The van der Waals surface area contributed by atoms with E-state index in [2.05, 4.69) is 14.7 Å². The van der Waals surface area contributed by atoms with E-state index in [-0.39, 0.29) is 23.8 Å². The number of halogens is 3. The molecule has 6 nitrogen and oxygen atoms in total. The third kappa shape index (κ3) is 5.88. The first-order chi connectivity index (χ1) is 14.9. The van der Waals surface area contributed by atoms with Crippen LogP contribution in [0.4, 0.5) is 8.78 Å². The Bertz CT molecular complexity index is 1160. The van der Waals surface area contributed by atoms with Crippen molar-refractivity contribution < 1.29 is 18.3 Å². The molecule has 3 aromatic rings. The molecular weight excluding hydrogens is 428 g/mol. The predicted octanol–water partition coefficient (Wildman–Crippen LogP) is 4.63. The molecule has 9 heteroatoms. The molecule has 0 unspecified atom stereocenters. The van der Waals surface area contributed by atoms with Crippen molar-refractivity contribution in [2.45, 2.75) is 26.5 Å². The number of carbonyl (C=O) groups excluding carboxylic acids is 1. The van der Waals surface area contributed by atoms with E-state index in [1.54, 1.807) is 36.4 Å². The number of carbonyl (C=O) groups is 1. The first kappa shape index (κ1) is 22.4. The zero-order chi connectivity index (χ0) is 22.4. The largest absolute Gasteiger partial charge is 0.434 e. The second-order valence-corrected chi connectivity index (χ2v) is 7.12. The third-order valence-electron chi connectivity index (χ3n) is 4.40. The molecule has 1 aromatic heterocycles. The van der Waals surface area contributed by atoms with Crippen LogP contribution in [0.15, 0.2) is 53.3 Å². The van der Waals surface area contributed by atoms with Gasteiger partial charge in [-0.15, -0.1) is 0 Å². The van der Waals surface area contributed by atoms with E-state index >= 15 is 0 Å². The molecule has 2 aromatic carbocycles. The lowest BCUT2D eigenvalue weighted by molar-refractivity contribution is -0.126. The van der Waals surface area contributed by atoms with Crippen molar-refractivity contribution >= 4 is 34.5 Å². The van der Waals surface area contributed by atoms with E-state index < -0.39 is 6.61 Å². The lowest BCUT2D eigenvalue weighted by Crippen LogP contribution is -2.31. The Morgan fingerprint density at radius 2 is 2.06 bits per heavy atom. The maximum absolute atomic E-state index is 12.8. The van der Waals surface area contributed by atoms with Crippen molar-refractivity contribution in [3.63, 3.8) is 0 Å². The minimum atomic E-state index is -2.97. The van der Waals surface area contributed by atoms with Crippen molar-refractivity contribution in [1.82, 2.24) is 14.9 Å². The second-order valence-electron chi connectivity index (χ2n) is 6.68. The zero-order valence-corrected chi connectivity index (χ0v) is 17.4. The monoisotopic (exact) mass is 447 g/mol.